The molecule has 0 radical (unpaired) electrons. The lowest BCUT2D eigenvalue weighted by molar-refractivity contribution is -0.116. The summed E-state index contributed by atoms with van der Waals surface area (Å²) in [6.07, 6.45) is 1.93. The third kappa shape index (κ3) is 5.39. The van der Waals surface area contributed by atoms with Gasteiger partial charge in [-0.05, 0) is 13.3 Å². The predicted molar refractivity (Wildman–Crippen MR) is 71.2 cm³/mol. The molecule has 1 N–H and O–H groups in total. The van der Waals surface area contributed by atoms with Crippen molar-refractivity contribution >= 4 is 21.7 Å². The standard InChI is InChI=1S/C11H19N3O4S/c1-4-6-14(19(3,16)17)7-5-11(15)12-10-8-9(2)18-13-10/h8H,4-7H2,1-3H3,(H,12,13,15). The van der Waals surface area contributed by atoms with E-state index in [1.54, 1.807) is 13.0 Å². The molecule has 0 atom stereocenters. The normalized spacial score (nSPS) is 11.8. The smallest absolute Gasteiger partial charge is 0.226 e. The van der Waals surface area contributed by atoms with Crippen molar-refractivity contribution in [1.29, 1.82) is 0 Å². The van der Waals surface area contributed by atoms with Crippen molar-refractivity contribution in [1.82, 2.24) is 9.46 Å². The van der Waals surface area contributed by atoms with Gasteiger partial charge in [0.2, 0.25) is 15.9 Å². The maximum absolute atomic E-state index is 11.6. The van der Waals surface area contributed by atoms with Crippen LogP contribution in [-0.2, 0) is 14.8 Å². The number of anilines is 1. The summed E-state index contributed by atoms with van der Waals surface area (Å²) in [6, 6.07) is 1.60. The molecule has 0 unspecified atom stereocenters. The number of carbonyl (C=O) groups is 1. The maximum atomic E-state index is 11.6. The molecule has 7 nitrogen and oxygen atoms in total. The fourth-order valence-corrected chi connectivity index (χ4v) is 2.49. The predicted octanol–water partition coefficient (Wildman–Crippen LogP) is 0.983. The van der Waals surface area contributed by atoms with Crippen LogP contribution in [0.15, 0.2) is 10.6 Å². The first kappa shape index (κ1) is 15.6. The number of nitrogens with zero attached hydrogens (tertiary/aromatic N) is 2. The largest absolute Gasteiger partial charge is 0.360 e. The third-order valence-corrected chi connectivity index (χ3v) is 3.73. The lowest BCUT2D eigenvalue weighted by atomic mass is 10.3. The Morgan fingerprint density at radius 3 is 2.63 bits per heavy atom. The van der Waals surface area contributed by atoms with Crippen LogP contribution in [-0.4, -0.2) is 43.1 Å². The Labute approximate surface area is 113 Å². The molecule has 0 spiro atoms. The van der Waals surface area contributed by atoms with Crippen LogP contribution in [0, 0.1) is 6.92 Å². The van der Waals surface area contributed by atoms with Gasteiger partial charge >= 0.3 is 0 Å². The SMILES string of the molecule is CCCN(CCC(=O)Nc1cc(C)on1)S(C)(=O)=O. The van der Waals surface area contributed by atoms with Crippen LogP contribution in [0.25, 0.3) is 0 Å². The molecule has 1 rings (SSSR count). The number of rotatable bonds is 7. The number of aromatic nitrogens is 1. The van der Waals surface area contributed by atoms with E-state index in [0.717, 1.165) is 6.26 Å². The van der Waals surface area contributed by atoms with Crippen LogP contribution < -0.4 is 5.32 Å². The molecule has 0 bridgehead atoms. The van der Waals surface area contributed by atoms with Gasteiger partial charge < -0.3 is 9.84 Å². The number of nitrogens with one attached hydrogen (secondary N) is 1. The van der Waals surface area contributed by atoms with E-state index in [-0.39, 0.29) is 18.9 Å². The Morgan fingerprint density at radius 1 is 1.47 bits per heavy atom. The molecule has 8 heteroatoms. The van der Waals surface area contributed by atoms with Gasteiger partial charge in [0, 0.05) is 25.6 Å². The summed E-state index contributed by atoms with van der Waals surface area (Å²) in [5.41, 5.74) is 0. The minimum absolute atomic E-state index is 0.0823. The first-order chi connectivity index (χ1) is 8.82. The summed E-state index contributed by atoms with van der Waals surface area (Å²) in [5.74, 6) is 0.640. The maximum Gasteiger partial charge on any atom is 0.226 e. The van der Waals surface area contributed by atoms with E-state index in [1.807, 2.05) is 6.92 Å². The fraction of sp³-hybridized carbons (Fsp3) is 0.636. The van der Waals surface area contributed by atoms with E-state index in [4.69, 9.17) is 4.52 Å². The van der Waals surface area contributed by atoms with Crippen molar-refractivity contribution in [2.75, 3.05) is 24.7 Å². The number of hydrogen-bond acceptors (Lipinski definition) is 5. The van der Waals surface area contributed by atoms with Gasteiger partial charge in [0.05, 0.1) is 6.26 Å². The molecule has 0 aliphatic heterocycles. The Bertz CT molecular complexity index is 524. The lowest BCUT2D eigenvalue weighted by Gasteiger charge is -2.18. The lowest BCUT2D eigenvalue weighted by Crippen LogP contribution is -2.33. The molecule has 0 aromatic carbocycles. The highest BCUT2D eigenvalue weighted by Gasteiger charge is 2.17. The Balaban J connectivity index is 2.48. The third-order valence-electron chi connectivity index (χ3n) is 2.43. The fourth-order valence-electron chi connectivity index (χ4n) is 1.55. The van der Waals surface area contributed by atoms with Gasteiger partial charge in [-0.15, -0.1) is 0 Å². The van der Waals surface area contributed by atoms with Gasteiger partial charge in [0.25, 0.3) is 0 Å². The molecular formula is C11H19N3O4S. The molecule has 1 aromatic rings. The van der Waals surface area contributed by atoms with Crippen molar-refractivity contribution < 1.29 is 17.7 Å². The minimum atomic E-state index is -3.27. The highest BCUT2D eigenvalue weighted by molar-refractivity contribution is 7.88. The zero-order valence-corrected chi connectivity index (χ0v) is 12.2. The summed E-state index contributed by atoms with van der Waals surface area (Å²) in [7, 11) is -3.27. The summed E-state index contributed by atoms with van der Waals surface area (Å²) in [5, 5.41) is 6.18. The molecule has 1 heterocycles. The zero-order valence-electron chi connectivity index (χ0n) is 11.3. The second-order valence-corrected chi connectivity index (χ2v) is 6.27. The van der Waals surface area contributed by atoms with Crippen LogP contribution in [0.5, 0.6) is 0 Å². The molecule has 0 fully saturated rings. The second-order valence-electron chi connectivity index (χ2n) is 4.28. The van der Waals surface area contributed by atoms with Gasteiger partial charge in [-0.1, -0.05) is 12.1 Å². The van der Waals surface area contributed by atoms with Gasteiger partial charge in [-0.25, -0.2) is 12.7 Å². The molecular weight excluding hydrogens is 270 g/mol. The zero-order chi connectivity index (χ0) is 14.5. The summed E-state index contributed by atoms with van der Waals surface area (Å²) in [6.45, 7) is 4.18. The van der Waals surface area contributed by atoms with Gasteiger partial charge in [0.1, 0.15) is 5.76 Å². The molecule has 0 aliphatic carbocycles. The topological polar surface area (TPSA) is 92.5 Å². The van der Waals surface area contributed by atoms with Crippen molar-refractivity contribution in [3.63, 3.8) is 0 Å². The van der Waals surface area contributed by atoms with Crippen LogP contribution in [0.2, 0.25) is 0 Å². The Kier molecular flexibility index (Phi) is 5.49. The number of aryl methyl sites for hydroxylation is 1. The highest BCUT2D eigenvalue weighted by atomic mass is 32.2. The van der Waals surface area contributed by atoms with E-state index in [2.05, 4.69) is 10.5 Å². The Morgan fingerprint density at radius 2 is 2.16 bits per heavy atom. The van der Waals surface area contributed by atoms with Crippen LogP contribution >= 0.6 is 0 Å². The first-order valence-corrected chi connectivity index (χ1v) is 7.86. The molecule has 1 aromatic heterocycles. The number of sulfonamides is 1. The van der Waals surface area contributed by atoms with Crippen LogP contribution in [0.3, 0.4) is 0 Å². The van der Waals surface area contributed by atoms with Crippen molar-refractivity contribution in [3.05, 3.63) is 11.8 Å². The highest BCUT2D eigenvalue weighted by Crippen LogP contribution is 2.08. The average Bonchev–Trinajstić information content (AvgIpc) is 2.68. The van der Waals surface area contributed by atoms with E-state index < -0.39 is 10.0 Å². The number of hydrogen-bond donors (Lipinski definition) is 1. The summed E-state index contributed by atoms with van der Waals surface area (Å²) in [4.78, 5) is 11.6. The van der Waals surface area contributed by atoms with E-state index in [0.29, 0.717) is 24.5 Å². The number of carbonyl (C=O) groups excluding carboxylic acids is 1. The summed E-state index contributed by atoms with van der Waals surface area (Å²) >= 11 is 0. The molecule has 0 saturated heterocycles. The van der Waals surface area contributed by atoms with Crippen LogP contribution in [0.4, 0.5) is 5.82 Å². The molecule has 0 saturated carbocycles. The molecule has 19 heavy (non-hydrogen) atoms. The second kappa shape index (κ2) is 6.67. The van der Waals surface area contributed by atoms with Crippen molar-refractivity contribution in [3.8, 4) is 0 Å². The Hall–Kier alpha value is -1.41. The summed E-state index contributed by atoms with van der Waals surface area (Å²) < 4.78 is 29.0. The van der Waals surface area contributed by atoms with Gasteiger partial charge in [-0.2, -0.15) is 0 Å². The van der Waals surface area contributed by atoms with Gasteiger partial charge in [0.15, 0.2) is 5.82 Å². The molecule has 0 aliphatic rings. The minimum Gasteiger partial charge on any atom is -0.360 e. The molecule has 108 valence electrons. The van der Waals surface area contributed by atoms with E-state index in [9.17, 15) is 13.2 Å². The first-order valence-electron chi connectivity index (χ1n) is 6.01. The van der Waals surface area contributed by atoms with E-state index in [1.165, 1.54) is 4.31 Å². The van der Waals surface area contributed by atoms with Crippen LogP contribution in [0.1, 0.15) is 25.5 Å². The quantitative estimate of drug-likeness (QED) is 0.807. The van der Waals surface area contributed by atoms with Gasteiger partial charge in [-0.3, -0.25) is 4.79 Å². The van der Waals surface area contributed by atoms with Crippen molar-refractivity contribution in [2.24, 2.45) is 0 Å². The monoisotopic (exact) mass is 289 g/mol. The van der Waals surface area contributed by atoms with E-state index >= 15 is 0 Å². The van der Waals surface area contributed by atoms with Crippen molar-refractivity contribution in [2.45, 2.75) is 26.7 Å². The molecule has 1 amide bonds. The average molecular weight is 289 g/mol. The number of amides is 1.